The second kappa shape index (κ2) is 5.36. The first kappa shape index (κ1) is 5.36. The molecule has 3 atom stereocenters. The van der Waals surface area contributed by atoms with Gasteiger partial charge in [-0.15, -0.1) is 0 Å². The summed E-state index contributed by atoms with van der Waals surface area (Å²) in [6.45, 7) is -1.80. The van der Waals surface area contributed by atoms with E-state index < -0.39 is 37.3 Å². The Morgan fingerprint density at radius 1 is 1.67 bits per heavy atom. The fraction of sp³-hybridized carbons (Fsp3) is 0.667. The summed E-state index contributed by atoms with van der Waals surface area (Å²) in [5.41, 5.74) is 15.0. The zero-order valence-electron chi connectivity index (χ0n) is 10.3. The molecule has 0 fully saturated rings. The predicted octanol–water partition coefficient (Wildman–Crippen LogP) is -1.55. The average Bonchev–Trinajstić information content (AvgIpc) is 2.14. The fourth-order valence-corrected chi connectivity index (χ4v) is 0.330. The molecular weight excluding hydrogens is 166 g/mol. The molecule has 0 heterocycles. The van der Waals surface area contributed by atoms with Crippen LogP contribution in [0, 0.1) is 0 Å². The SMILES string of the molecule is [2H][13C@@H]([15N]=C(N)N)C([2H])([2H])[13C@@H]([2H])[13C@H]([15NH2])[13C](=O)O. The third kappa shape index (κ3) is 5.48. The standard InChI is InChI=1S/C6H14N4O2/c7-4(5(11)12)2-1-3-10-6(8)9/h4H,1-3,7H2,(H,11,12)(H4,8,9,10)/t4-/m0/s1/i1D2,2+1D,3+1D,4+1,5+1,7+1,10+1/t2-,3-,4+/m1. The second-order valence-corrected chi connectivity index (χ2v) is 1.88. The minimum absolute atomic E-state index is 0.514. The van der Waals surface area contributed by atoms with Crippen LogP contribution in [0.3, 0.4) is 0 Å². The van der Waals surface area contributed by atoms with E-state index >= 15 is 0 Å². The van der Waals surface area contributed by atoms with Crippen molar-refractivity contribution in [2.75, 3.05) is 6.52 Å². The van der Waals surface area contributed by atoms with Crippen molar-refractivity contribution < 1.29 is 15.4 Å². The summed E-state index contributed by atoms with van der Waals surface area (Å²) in [6.07, 6.45) is -4.42. The van der Waals surface area contributed by atoms with Crippen molar-refractivity contribution in [3.05, 3.63) is 0 Å². The molecule has 0 amide bonds. The second-order valence-electron chi connectivity index (χ2n) is 1.88. The van der Waals surface area contributed by atoms with E-state index in [-0.39, 0.29) is 0 Å². The summed E-state index contributed by atoms with van der Waals surface area (Å²) >= 11 is 0. The smallest absolute Gasteiger partial charge is 0.320 e. The van der Waals surface area contributed by atoms with Gasteiger partial charge < -0.3 is 22.3 Å². The van der Waals surface area contributed by atoms with Crippen LogP contribution in [0.1, 0.15) is 18.3 Å². The Labute approximate surface area is 76.1 Å². The summed E-state index contributed by atoms with van der Waals surface area (Å²) in [5, 5.41) is 8.52. The molecule has 0 aromatic rings. The molecule has 0 saturated carbocycles. The summed E-state index contributed by atoms with van der Waals surface area (Å²) in [7, 11) is 0. The predicted molar refractivity (Wildman–Crippen MR) is 45.5 cm³/mol. The highest BCUT2D eigenvalue weighted by Crippen LogP contribution is 1.94. The van der Waals surface area contributed by atoms with Gasteiger partial charge >= 0.3 is 5.97 Å². The molecule has 0 saturated heterocycles. The first-order valence-corrected chi connectivity index (χ1v) is 3.02. The Morgan fingerprint density at radius 3 is 2.67 bits per heavy atom. The van der Waals surface area contributed by atoms with Crippen molar-refractivity contribution >= 4 is 11.9 Å². The van der Waals surface area contributed by atoms with Crippen molar-refractivity contribution in [2.45, 2.75) is 18.8 Å². The van der Waals surface area contributed by atoms with E-state index in [0.717, 1.165) is 0 Å². The number of hydrogen-bond donors (Lipinski definition) is 4. The molecule has 0 unspecified atom stereocenters. The van der Waals surface area contributed by atoms with Gasteiger partial charge in [0, 0.05) is 10.6 Å². The van der Waals surface area contributed by atoms with E-state index in [1.165, 1.54) is 0 Å². The fourth-order valence-electron chi connectivity index (χ4n) is 0.330. The van der Waals surface area contributed by atoms with E-state index in [4.69, 9.17) is 27.8 Å². The Bertz CT molecular complexity index is 294. The lowest BCUT2D eigenvalue weighted by atomic mass is 10.8. The van der Waals surface area contributed by atoms with Crippen molar-refractivity contribution in [3.8, 4) is 0 Å². The minimum atomic E-state index is -2.57. The van der Waals surface area contributed by atoms with Crippen LogP contribution in [0.5, 0.6) is 0 Å². The number of carbonyl (C=O) groups is 1. The molecule has 0 spiro atoms. The lowest BCUT2D eigenvalue weighted by Crippen LogP contribution is -2.30. The number of guanidine groups is 1. The van der Waals surface area contributed by atoms with E-state index in [0.29, 0.717) is 0 Å². The van der Waals surface area contributed by atoms with Gasteiger partial charge in [-0.1, -0.05) is 0 Å². The van der Waals surface area contributed by atoms with Crippen LogP contribution in [0.4, 0.5) is 0 Å². The molecule has 0 aromatic heterocycles. The lowest BCUT2D eigenvalue weighted by molar-refractivity contribution is -0.138. The van der Waals surface area contributed by atoms with Crippen LogP contribution >= 0.6 is 0 Å². The van der Waals surface area contributed by atoms with Gasteiger partial charge in [0.25, 0.3) is 0 Å². The van der Waals surface area contributed by atoms with Gasteiger partial charge in [0.05, 0.1) is 1.37 Å². The van der Waals surface area contributed by atoms with Crippen molar-refractivity contribution in [2.24, 2.45) is 22.2 Å². The molecule has 70 valence electrons. The number of carboxylic acids is 1. The molecule has 0 aliphatic rings. The molecule has 7 N–H and O–H groups in total. The van der Waals surface area contributed by atoms with Crippen LogP contribution in [0.2, 0.25) is 0 Å². The van der Waals surface area contributed by atoms with Crippen LogP contribution in [-0.2, 0) is 4.79 Å². The van der Waals surface area contributed by atoms with Crippen LogP contribution in [-0.4, -0.2) is 29.6 Å². The van der Waals surface area contributed by atoms with Crippen molar-refractivity contribution in [3.63, 3.8) is 0 Å². The van der Waals surface area contributed by atoms with Gasteiger partial charge in [0.15, 0.2) is 5.96 Å². The Morgan fingerprint density at radius 2 is 2.25 bits per heavy atom. The average molecular weight is 184 g/mol. The first-order chi connectivity index (χ1) is 7.10. The molecule has 0 aromatic carbocycles. The first-order valence-electron chi connectivity index (χ1n) is 5.17. The summed E-state index contributed by atoms with van der Waals surface area (Å²) in [4.78, 5) is 13.7. The normalized spacial score (nSPS) is 23.4. The van der Waals surface area contributed by atoms with Crippen LogP contribution in [0.15, 0.2) is 4.99 Å². The topological polar surface area (TPSA) is 128 Å². The lowest BCUT2D eigenvalue weighted by Gasteiger charge is -2.03. The number of hydrogen-bond acceptors (Lipinski definition) is 3. The van der Waals surface area contributed by atoms with Crippen LogP contribution < -0.4 is 17.2 Å². The molecular formula is C6H14N4O2. The largest absolute Gasteiger partial charge is 0.480 e. The van der Waals surface area contributed by atoms with Crippen molar-refractivity contribution in [1.29, 1.82) is 0 Å². The van der Waals surface area contributed by atoms with E-state index in [1.54, 1.807) is 0 Å². The Balaban J connectivity index is 4.90. The summed E-state index contributed by atoms with van der Waals surface area (Å²) in [6, 6.07) is -1.75. The summed E-state index contributed by atoms with van der Waals surface area (Å²) < 4.78 is 29.4. The molecule has 6 heteroatoms. The number of carboxylic acid groups (broad SMARTS) is 1. The molecule has 6 nitrogen and oxygen atoms in total. The van der Waals surface area contributed by atoms with Gasteiger partial charge in [-0.3, -0.25) is 9.79 Å². The highest BCUT2D eigenvalue weighted by molar-refractivity contribution is 5.75. The zero-order chi connectivity index (χ0) is 13.1. The highest BCUT2D eigenvalue weighted by atomic mass is 16.5. The molecule has 12 heavy (non-hydrogen) atoms. The molecule has 0 aliphatic carbocycles. The maximum Gasteiger partial charge on any atom is 0.320 e. The Hall–Kier alpha value is -1.30. The highest BCUT2D eigenvalue weighted by Gasteiger charge is 2.09. The van der Waals surface area contributed by atoms with E-state index in [9.17, 15) is 4.79 Å². The maximum atomic E-state index is 10.5. The number of rotatable bonds is 5. The number of nitrogens with two attached hydrogens (primary N) is 3. The van der Waals surface area contributed by atoms with E-state index in [1.807, 2.05) is 0 Å². The minimum Gasteiger partial charge on any atom is -0.480 e. The summed E-state index contributed by atoms with van der Waals surface area (Å²) in [5.74, 6) is -2.04. The van der Waals surface area contributed by atoms with Crippen LogP contribution in [0.25, 0.3) is 0 Å². The molecule has 0 rings (SSSR count). The third-order valence-electron chi connectivity index (χ3n) is 0.849. The molecule has 0 radical (unpaired) electrons. The van der Waals surface area contributed by atoms with Gasteiger partial charge in [0.1, 0.15) is 6.04 Å². The molecule has 0 aliphatic heterocycles. The number of nitrogens with zero attached hydrogens (tertiary/aromatic N) is 1. The number of aliphatic imine (C=N–C) groups is 1. The van der Waals surface area contributed by atoms with Gasteiger partial charge in [-0.25, -0.2) is 0 Å². The Kier molecular flexibility index (Phi) is 2.40. The number of aliphatic carboxylic acids is 1. The van der Waals surface area contributed by atoms with Gasteiger partial charge in [-0.05, 0) is 12.8 Å². The van der Waals surface area contributed by atoms with E-state index in [2.05, 4.69) is 4.99 Å². The molecule has 0 bridgehead atoms. The quantitative estimate of drug-likeness (QED) is 0.178. The monoisotopic (exact) mass is 184 g/mol. The van der Waals surface area contributed by atoms with Crippen molar-refractivity contribution in [1.82, 2.24) is 0 Å². The van der Waals surface area contributed by atoms with Gasteiger partial charge in [-0.2, -0.15) is 0 Å². The third-order valence-corrected chi connectivity index (χ3v) is 0.849. The van der Waals surface area contributed by atoms with Gasteiger partial charge in [0.2, 0.25) is 0 Å². The maximum absolute atomic E-state index is 10.5. The zero-order valence-corrected chi connectivity index (χ0v) is 6.27.